The molecule has 0 radical (unpaired) electrons. The lowest BCUT2D eigenvalue weighted by Crippen LogP contribution is -2.16. The topological polar surface area (TPSA) is 59.1 Å². The van der Waals surface area contributed by atoms with Crippen LogP contribution in [0.5, 0.6) is 0 Å². The van der Waals surface area contributed by atoms with E-state index in [9.17, 15) is 21.6 Å². The van der Waals surface area contributed by atoms with Crippen molar-refractivity contribution in [3.8, 4) is 0 Å². The Morgan fingerprint density at radius 3 is 2.23 bits per heavy atom. The summed E-state index contributed by atoms with van der Waals surface area (Å²) in [5.74, 6) is 0. The summed E-state index contributed by atoms with van der Waals surface area (Å²) in [7, 11) is -3.96. The maximum Gasteiger partial charge on any atom is 0.433 e. The summed E-state index contributed by atoms with van der Waals surface area (Å²) < 4.78 is 65.0. The third kappa shape index (κ3) is 3.38. The van der Waals surface area contributed by atoms with E-state index in [-0.39, 0.29) is 16.3 Å². The zero-order valence-corrected chi connectivity index (χ0v) is 12.6. The van der Waals surface area contributed by atoms with E-state index < -0.39 is 21.9 Å². The summed E-state index contributed by atoms with van der Waals surface area (Å²) in [5.41, 5.74) is -0.821. The Kier molecular flexibility index (Phi) is 4.15. The first-order valence-corrected chi connectivity index (χ1v) is 7.73. The molecule has 0 amide bonds. The molecule has 1 aromatic heterocycles. The molecule has 1 N–H and O–H groups in total. The lowest BCUT2D eigenvalue weighted by Gasteiger charge is -2.15. The molecule has 1 aromatic carbocycles. The van der Waals surface area contributed by atoms with E-state index in [1.54, 1.807) is 6.07 Å². The zero-order valence-electron chi connectivity index (χ0n) is 11.8. The number of alkyl halides is 3. The first-order chi connectivity index (χ1) is 10.1. The SMILES string of the molecule is Cc1nc(C(F)(F)F)cc(NS(=O)(=O)c2ccccc2)c1C. The fourth-order valence-electron chi connectivity index (χ4n) is 1.79. The lowest BCUT2D eigenvalue weighted by molar-refractivity contribution is -0.141. The molecular formula is C14H13F3N2O2S. The molecule has 8 heteroatoms. The smallest absolute Gasteiger partial charge is 0.279 e. The average Bonchev–Trinajstić information content (AvgIpc) is 2.43. The third-order valence-electron chi connectivity index (χ3n) is 3.10. The van der Waals surface area contributed by atoms with Gasteiger partial charge in [0.1, 0.15) is 5.69 Å². The quantitative estimate of drug-likeness (QED) is 0.937. The molecule has 0 atom stereocenters. The number of hydrogen-bond donors (Lipinski definition) is 1. The molecule has 4 nitrogen and oxygen atoms in total. The highest BCUT2D eigenvalue weighted by Gasteiger charge is 2.34. The van der Waals surface area contributed by atoms with Crippen molar-refractivity contribution in [1.29, 1.82) is 0 Å². The molecule has 22 heavy (non-hydrogen) atoms. The van der Waals surface area contributed by atoms with Gasteiger partial charge in [0.05, 0.1) is 10.6 Å². The second-order valence-corrected chi connectivity index (χ2v) is 6.36. The summed E-state index contributed by atoms with van der Waals surface area (Å²) in [4.78, 5) is 3.42. The largest absolute Gasteiger partial charge is 0.433 e. The number of sulfonamides is 1. The monoisotopic (exact) mass is 330 g/mol. The number of anilines is 1. The van der Waals surface area contributed by atoms with Crippen molar-refractivity contribution in [3.63, 3.8) is 0 Å². The van der Waals surface area contributed by atoms with E-state index in [0.717, 1.165) is 0 Å². The van der Waals surface area contributed by atoms with Crippen LogP contribution in [0, 0.1) is 13.8 Å². The van der Waals surface area contributed by atoms with Crippen LogP contribution in [0.25, 0.3) is 0 Å². The minimum absolute atomic E-state index is 0.0302. The van der Waals surface area contributed by atoms with Gasteiger partial charge in [-0.3, -0.25) is 4.72 Å². The van der Waals surface area contributed by atoms with Crippen molar-refractivity contribution in [2.24, 2.45) is 0 Å². The molecule has 2 aromatic rings. The second kappa shape index (κ2) is 5.60. The van der Waals surface area contributed by atoms with Crippen LogP contribution < -0.4 is 4.72 Å². The number of aryl methyl sites for hydroxylation is 1. The van der Waals surface area contributed by atoms with Crippen LogP contribution in [0.15, 0.2) is 41.3 Å². The van der Waals surface area contributed by atoms with Crippen molar-refractivity contribution in [1.82, 2.24) is 4.98 Å². The van der Waals surface area contributed by atoms with Crippen LogP contribution in [0.4, 0.5) is 18.9 Å². The Labute approximate surface area is 126 Å². The molecule has 1 heterocycles. The van der Waals surface area contributed by atoms with E-state index in [0.29, 0.717) is 11.6 Å². The Balaban J connectivity index is 2.48. The molecule has 0 unspecified atom stereocenters. The maximum absolute atomic E-state index is 12.8. The van der Waals surface area contributed by atoms with E-state index in [1.165, 1.54) is 38.1 Å². The highest BCUT2D eigenvalue weighted by molar-refractivity contribution is 7.92. The minimum Gasteiger partial charge on any atom is -0.279 e. The number of nitrogens with one attached hydrogen (secondary N) is 1. The molecule has 118 valence electrons. The van der Waals surface area contributed by atoms with Crippen molar-refractivity contribution in [3.05, 3.63) is 53.3 Å². The zero-order chi connectivity index (χ0) is 16.5. The van der Waals surface area contributed by atoms with Crippen LogP contribution in [-0.4, -0.2) is 13.4 Å². The first-order valence-electron chi connectivity index (χ1n) is 6.24. The summed E-state index contributed by atoms with van der Waals surface area (Å²) in [6.07, 6.45) is -4.65. The van der Waals surface area contributed by atoms with Gasteiger partial charge in [-0.2, -0.15) is 13.2 Å². The lowest BCUT2D eigenvalue weighted by atomic mass is 10.1. The Bertz CT molecular complexity index is 788. The van der Waals surface area contributed by atoms with E-state index in [1.807, 2.05) is 0 Å². The van der Waals surface area contributed by atoms with Gasteiger partial charge in [0.15, 0.2) is 0 Å². The van der Waals surface area contributed by atoms with Crippen LogP contribution in [0.3, 0.4) is 0 Å². The summed E-state index contributed by atoms with van der Waals surface area (Å²) in [5, 5.41) is 0. The average molecular weight is 330 g/mol. The van der Waals surface area contributed by atoms with Gasteiger partial charge in [0, 0.05) is 5.69 Å². The van der Waals surface area contributed by atoms with Gasteiger partial charge >= 0.3 is 6.18 Å². The summed E-state index contributed by atoms with van der Waals surface area (Å²) in [6.45, 7) is 2.90. The van der Waals surface area contributed by atoms with Crippen molar-refractivity contribution < 1.29 is 21.6 Å². The highest BCUT2D eigenvalue weighted by atomic mass is 32.2. The van der Waals surface area contributed by atoms with Gasteiger partial charge in [-0.15, -0.1) is 0 Å². The Morgan fingerprint density at radius 2 is 1.68 bits per heavy atom. The molecule has 2 rings (SSSR count). The first kappa shape index (κ1) is 16.3. The summed E-state index contributed by atoms with van der Waals surface area (Å²) >= 11 is 0. The van der Waals surface area contributed by atoms with Crippen molar-refractivity contribution in [2.45, 2.75) is 24.9 Å². The van der Waals surface area contributed by atoms with Gasteiger partial charge in [-0.25, -0.2) is 13.4 Å². The third-order valence-corrected chi connectivity index (χ3v) is 4.49. The van der Waals surface area contributed by atoms with Gasteiger partial charge in [-0.05, 0) is 37.6 Å². The molecule has 0 aliphatic rings. The molecule has 0 fully saturated rings. The van der Waals surface area contributed by atoms with Crippen LogP contribution in [0.1, 0.15) is 17.0 Å². The van der Waals surface area contributed by atoms with Gasteiger partial charge < -0.3 is 0 Å². The highest BCUT2D eigenvalue weighted by Crippen LogP contribution is 2.32. The van der Waals surface area contributed by atoms with Gasteiger partial charge in [0.25, 0.3) is 10.0 Å². The Morgan fingerprint density at radius 1 is 1.09 bits per heavy atom. The molecule has 0 aliphatic carbocycles. The number of benzene rings is 1. The van der Waals surface area contributed by atoms with Crippen molar-refractivity contribution >= 4 is 15.7 Å². The van der Waals surface area contributed by atoms with Gasteiger partial charge in [-0.1, -0.05) is 18.2 Å². The van der Waals surface area contributed by atoms with E-state index in [2.05, 4.69) is 9.71 Å². The van der Waals surface area contributed by atoms with Crippen molar-refractivity contribution in [2.75, 3.05) is 4.72 Å². The molecule has 0 bridgehead atoms. The molecule has 0 saturated heterocycles. The maximum atomic E-state index is 12.8. The molecular weight excluding hydrogens is 317 g/mol. The predicted octanol–water partition coefficient (Wildman–Crippen LogP) is 3.52. The number of pyridine rings is 1. The van der Waals surface area contributed by atoms with Crippen LogP contribution in [-0.2, 0) is 16.2 Å². The fraction of sp³-hybridized carbons (Fsp3) is 0.214. The second-order valence-electron chi connectivity index (χ2n) is 4.68. The molecule has 0 aliphatic heterocycles. The standard InChI is InChI=1S/C14H13F3N2O2S/c1-9-10(2)18-13(14(15,16)17)8-12(9)19-22(20,21)11-6-4-3-5-7-11/h3-8H,1-2H3,(H,18,19). The number of hydrogen-bond acceptors (Lipinski definition) is 3. The summed E-state index contributed by atoms with van der Waals surface area (Å²) in [6, 6.07) is 8.11. The van der Waals surface area contributed by atoms with Crippen LogP contribution >= 0.6 is 0 Å². The molecule has 0 saturated carbocycles. The number of nitrogens with zero attached hydrogens (tertiary/aromatic N) is 1. The van der Waals surface area contributed by atoms with Gasteiger partial charge in [0.2, 0.25) is 0 Å². The number of rotatable bonds is 3. The fourth-order valence-corrected chi connectivity index (χ4v) is 2.93. The van der Waals surface area contributed by atoms with Crippen LogP contribution in [0.2, 0.25) is 0 Å². The van der Waals surface area contributed by atoms with E-state index >= 15 is 0 Å². The minimum atomic E-state index is -4.65. The predicted molar refractivity (Wildman–Crippen MR) is 76.0 cm³/mol. The normalized spacial score (nSPS) is 12.2. The Hall–Kier alpha value is -2.09. The number of halogens is 3. The molecule has 0 spiro atoms. The van der Waals surface area contributed by atoms with E-state index in [4.69, 9.17) is 0 Å². The number of aromatic nitrogens is 1.